The van der Waals surface area contributed by atoms with Crippen LogP contribution in [0, 0.1) is 0 Å². The van der Waals surface area contributed by atoms with E-state index in [4.69, 9.17) is 0 Å². The molecule has 0 bridgehead atoms. The summed E-state index contributed by atoms with van der Waals surface area (Å²) in [5, 5.41) is 3.29. The van der Waals surface area contributed by atoms with E-state index in [9.17, 15) is 8.42 Å². The van der Waals surface area contributed by atoms with Gasteiger partial charge in [0.1, 0.15) is 0 Å². The highest BCUT2D eigenvalue weighted by molar-refractivity contribution is 7.88. The van der Waals surface area contributed by atoms with E-state index in [-0.39, 0.29) is 5.75 Å². The molecular weight excluding hydrogens is 324 g/mol. The topological polar surface area (TPSA) is 73.8 Å². The Labute approximate surface area is 146 Å². The molecule has 0 saturated heterocycles. The Kier molecular flexibility index (Phi) is 8.78. The summed E-state index contributed by atoms with van der Waals surface area (Å²) in [6.07, 6.45) is 2.27. The Morgan fingerprint density at radius 1 is 1.25 bits per heavy atom. The summed E-state index contributed by atoms with van der Waals surface area (Å²) < 4.78 is 25.7. The van der Waals surface area contributed by atoms with Crippen molar-refractivity contribution in [3.63, 3.8) is 0 Å². The molecule has 7 heteroatoms. The predicted octanol–water partition coefficient (Wildman–Crippen LogP) is 1.93. The van der Waals surface area contributed by atoms with E-state index < -0.39 is 10.0 Å². The Bertz CT molecular complexity index is 629. The number of nitrogens with zero attached hydrogens (tertiary/aromatic N) is 2. The van der Waals surface area contributed by atoms with Gasteiger partial charge in [-0.2, -0.15) is 0 Å². The fraction of sp³-hybridized carbons (Fsp3) is 0.588. The third-order valence-electron chi connectivity index (χ3n) is 3.61. The van der Waals surface area contributed by atoms with Crippen LogP contribution < -0.4 is 10.0 Å². The lowest BCUT2D eigenvalue weighted by Gasteiger charge is -2.21. The molecule has 1 aromatic carbocycles. The molecule has 0 aromatic heterocycles. The zero-order chi connectivity index (χ0) is 18.0. The molecule has 0 atom stereocenters. The van der Waals surface area contributed by atoms with Crippen molar-refractivity contribution in [2.24, 2.45) is 4.99 Å². The summed E-state index contributed by atoms with van der Waals surface area (Å²) in [4.78, 5) is 6.79. The van der Waals surface area contributed by atoms with Crippen molar-refractivity contribution < 1.29 is 8.42 Å². The van der Waals surface area contributed by atoms with Gasteiger partial charge in [-0.05, 0) is 31.5 Å². The quantitative estimate of drug-likeness (QED) is 0.525. The lowest BCUT2D eigenvalue weighted by molar-refractivity contribution is 0.465. The molecule has 0 aliphatic rings. The van der Waals surface area contributed by atoms with Gasteiger partial charge in [0.2, 0.25) is 10.0 Å². The molecule has 1 aromatic rings. The number of sulfonamides is 1. The highest BCUT2D eigenvalue weighted by atomic mass is 32.2. The Morgan fingerprint density at radius 2 is 1.96 bits per heavy atom. The van der Waals surface area contributed by atoms with Crippen molar-refractivity contribution in [2.75, 3.05) is 27.2 Å². The summed E-state index contributed by atoms with van der Waals surface area (Å²) in [5.41, 5.74) is 1.76. The number of nitrogens with one attached hydrogen (secondary N) is 2. The molecule has 2 N–H and O–H groups in total. The summed E-state index contributed by atoms with van der Waals surface area (Å²) >= 11 is 0. The van der Waals surface area contributed by atoms with E-state index >= 15 is 0 Å². The maximum Gasteiger partial charge on any atom is 0.215 e. The minimum Gasteiger partial charge on any atom is -0.357 e. The van der Waals surface area contributed by atoms with E-state index in [0.29, 0.717) is 6.54 Å². The molecule has 0 amide bonds. The van der Waals surface area contributed by atoms with Crippen LogP contribution in [-0.4, -0.2) is 46.5 Å². The molecule has 6 nitrogen and oxygen atoms in total. The fourth-order valence-electron chi connectivity index (χ4n) is 2.25. The second kappa shape index (κ2) is 10.3. The average molecular weight is 355 g/mol. The van der Waals surface area contributed by atoms with Crippen LogP contribution in [0.25, 0.3) is 0 Å². The Hall–Kier alpha value is -1.60. The third-order valence-corrected chi connectivity index (χ3v) is 4.95. The van der Waals surface area contributed by atoms with E-state index in [2.05, 4.69) is 26.9 Å². The number of hydrogen-bond donors (Lipinski definition) is 2. The van der Waals surface area contributed by atoms with Crippen LogP contribution in [0.2, 0.25) is 0 Å². The maximum absolute atomic E-state index is 11.7. The molecule has 0 fully saturated rings. The normalized spacial score (nSPS) is 12.2. The first-order chi connectivity index (χ1) is 11.4. The van der Waals surface area contributed by atoms with Crippen LogP contribution in [0.15, 0.2) is 29.3 Å². The van der Waals surface area contributed by atoms with Gasteiger partial charge >= 0.3 is 0 Å². The molecule has 24 heavy (non-hydrogen) atoms. The second-order valence-electron chi connectivity index (χ2n) is 5.73. The zero-order valence-corrected chi connectivity index (χ0v) is 16.0. The van der Waals surface area contributed by atoms with Crippen molar-refractivity contribution in [1.29, 1.82) is 0 Å². The maximum atomic E-state index is 11.7. The standard InChI is InChI=1S/C17H30N4O2S/c1-5-7-11-21(4)17(19-6-2)20-13-15-9-8-10-16(12-15)14-24(22,23)18-3/h8-10,12,18H,5-7,11,13-14H2,1-4H3,(H,19,20). The van der Waals surface area contributed by atoms with Gasteiger partial charge in [-0.1, -0.05) is 37.6 Å². The van der Waals surface area contributed by atoms with Gasteiger partial charge < -0.3 is 10.2 Å². The zero-order valence-electron chi connectivity index (χ0n) is 15.2. The van der Waals surface area contributed by atoms with E-state index in [1.54, 1.807) is 0 Å². The van der Waals surface area contributed by atoms with Gasteiger partial charge in [-0.25, -0.2) is 18.1 Å². The minimum absolute atomic E-state index is 0.0163. The molecule has 1 rings (SSSR count). The number of aliphatic imine (C=N–C) groups is 1. The summed E-state index contributed by atoms with van der Waals surface area (Å²) in [6, 6.07) is 7.56. The van der Waals surface area contributed by atoms with Crippen LogP contribution in [-0.2, 0) is 22.3 Å². The SMILES string of the molecule is CCCCN(C)C(=NCc1cccc(CS(=O)(=O)NC)c1)NCC. The predicted molar refractivity (Wildman–Crippen MR) is 100 cm³/mol. The van der Waals surface area contributed by atoms with Crippen LogP contribution in [0.3, 0.4) is 0 Å². The second-order valence-corrected chi connectivity index (χ2v) is 7.65. The third kappa shape index (κ3) is 7.31. The first-order valence-corrected chi connectivity index (χ1v) is 10.1. The molecule has 0 radical (unpaired) electrons. The molecule has 0 aliphatic carbocycles. The van der Waals surface area contributed by atoms with Gasteiger partial charge in [0.05, 0.1) is 12.3 Å². The lowest BCUT2D eigenvalue weighted by Crippen LogP contribution is -2.39. The number of rotatable bonds is 9. The van der Waals surface area contributed by atoms with Crippen molar-refractivity contribution >= 4 is 16.0 Å². The molecule has 0 spiro atoms. The fourth-order valence-corrected chi connectivity index (χ4v) is 3.01. The highest BCUT2D eigenvalue weighted by Gasteiger charge is 2.09. The van der Waals surface area contributed by atoms with Crippen molar-refractivity contribution in [3.8, 4) is 0 Å². The van der Waals surface area contributed by atoms with Crippen LogP contribution in [0.5, 0.6) is 0 Å². The molecule has 0 aliphatic heterocycles. The number of guanidine groups is 1. The number of hydrogen-bond acceptors (Lipinski definition) is 3. The van der Waals surface area contributed by atoms with Gasteiger partial charge in [0.15, 0.2) is 5.96 Å². The summed E-state index contributed by atoms with van der Waals surface area (Å²) in [7, 11) is 0.204. The summed E-state index contributed by atoms with van der Waals surface area (Å²) in [5.74, 6) is 0.858. The number of unbranched alkanes of at least 4 members (excludes halogenated alkanes) is 1. The first-order valence-electron chi connectivity index (χ1n) is 8.40. The largest absolute Gasteiger partial charge is 0.357 e. The van der Waals surface area contributed by atoms with Crippen molar-refractivity contribution in [2.45, 2.75) is 39.0 Å². The Balaban J connectivity index is 2.82. The minimum atomic E-state index is -3.26. The average Bonchev–Trinajstić information content (AvgIpc) is 2.56. The molecule has 0 unspecified atom stereocenters. The first kappa shape index (κ1) is 20.4. The lowest BCUT2D eigenvalue weighted by atomic mass is 10.1. The van der Waals surface area contributed by atoms with E-state index in [0.717, 1.165) is 43.0 Å². The monoisotopic (exact) mass is 354 g/mol. The van der Waals surface area contributed by atoms with Crippen LogP contribution >= 0.6 is 0 Å². The Morgan fingerprint density at radius 3 is 2.58 bits per heavy atom. The molecular formula is C17H30N4O2S. The molecule has 0 saturated carbocycles. The smallest absolute Gasteiger partial charge is 0.215 e. The summed E-state index contributed by atoms with van der Waals surface area (Å²) in [6.45, 7) is 6.51. The van der Waals surface area contributed by atoms with Gasteiger partial charge in [0.25, 0.3) is 0 Å². The van der Waals surface area contributed by atoms with Gasteiger partial charge in [-0.3, -0.25) is 0 Å². The molecule has 136 valence electrons. The van der Waals surface area contributed by atoms with Crippen molar-refractivity contribution in [3.05, 3.63) is 35.4 Å². The number of benzene rings is 1. The van der Waals surface area contributed by atoms with Gasteiger partial charge in [-0.15, -0.1) is 0 Å². The van der Waals surface area contributed by atoms with Crippen LogP contribution in [0.4, 0.5) is 0 Å². The van der Waals surface area contributed by atoms with Crippen LogP contribution in [0.1, 0.15) is 37.8 Å². The van der Waals surface area contributed by atoms with E-state index in [1.165, 1.54) is 7.05 Å². The van der Waals surface area contributed by atoms with Gasteiger partial charge in [0, 0.05) is 20.1 Å². The van der Waals surface area contributed by atoms with Crippen molar-refractivity contribution in [1.82, 2.24) is 14.9 Å². The van der Waals surface area contributed by atoms with E-state index in [1.807, 2.05) is 38.2 Å². The highest BCUT2D eigenvalue weighted by Crippen LogP contribution is 2.10. The molecule has 0 heterocycles.